The molecule has 0 aromatic rings. The second-order valence-electron chi connectivity index (χ2n) is 11.5. The highest BCUT2D eigenvalue weighted by molar-refractivity contribution is 8.34. The second-order valence-corrected chi connectivity index (χ2v) is 19.0. The predicted octanol–water partition coefficient (Wildman–Crippen LogP) is 9.33. The van der Waals surface area contributed by atoms with Crippen LogP contribution in [0, 0.1) is 0 Å². The zero-order chi connectivity index (χ0) is 34.8. The van der Waals surface area contributed by atoms with Crippen molar-refractivity contribution in [2.75, 3.05) is 26.8 Å². The number of unbranched alkanes of at least 4 members (excludes halogenated alkanes) is 13. The van der Waals surface area contributed by atoms with Crippen LogP contribution in [-0.2, 0) is 47.3 Å². The van der Waals surface area contributed by atoms with E-state index in [1.807, 2.05) is 0 Å². The first kappa shape index (κ1) is 47.4. The molecule has 0 aliphatic carbocycles. The molecular weight excluding hydrogens is 658 g/mol. The molecule has 0 radical (unpaired) electrons. The molecule has 0 heterocycles. The second kappa shape index (κ2) is 34.1. The maximum atomic E-state index is 11.5. The van der Waals surface area contributed by atoms with Crippen LogP contribution < -0.4 is 15.5 Å². The van der Waals surface area contributed by atoms with E-state index in [0.29, 0.717) is 12.8 Å². The van der Waals surface area contributed by atoms with Gasteiger partial charge in [-0.2, -0.15) is 0 Å². The van der Waals surface area contributed by atoms with Gasteiger partial charge in [-0.1, -0.05) is 133 Å². The lowest BCUT2D eigenvalue weighted by atomic mass is 10.1. The largest absolute Gasteiger partial charge is 0.801 e. The van der Waals surface area contributed by atoms with E-state index < -0.39 is 13.1 Å². The van der Waals surface area contributed by atoms with Crippen molar-refractivity contribution in [3.8, 4) is 0 Å². The van der Waals surface area contributed by atoms with Crippen molar-refractivity contribution in [2.45, 2.75) is 142 Å². The Balaban J connectivity index is 0. The SMILES string of the molecule is CC/C=C\C/C=C\C/C=C\CCCCCCCC(=O)NCOP(C)([O-])=S.CCCCCCCCCCCC(=O)NCOP(C)(=O)[S-]. The van der Waals surface area contributed by atoms with Crippen molar-refractivity contribution < 1.29 is 28.1 Å². The quantitative estimate of drug-likeness (QED) is 0.0258. The van der Waals surface area contributed by atoms with Crippen molar-refractivity contribution in [3.63, 3.8) is 0 Å². The van der Waals surface area contributed by atoms with Crippen molar-refractivity contribution in [2.24, 2.45) is 0 Å². The molecule has 8 nitrogen and oxygen atoms in total. The van der Waals surface area contributed by atoms with Crippen LogP contribution in [0.1, 0.15) is 142 Å². The Bertz CT molecular complexity index is 919. The number of carbonyl (C=O) groups excluding carboxylic acids is 2. The zero-order valence-electron chi connectivity index (χ0n) is 29.2. The lowest BCUT2D eigenvalue weighted by Gasteiger charge is -2.22. The number of rotatable bonds is 29. The third kappa shape index (κ3) is 45.4. The highest BCUT2D eigenvalue weighted by atomic mass is 32.7. The molecule has 0 aliphatic rings. The van der Waals surface area contributed by atoms with Crippen molar-refractivity contribution in [3.05, 3.63) is 36.5 Å². The first-order valence-electron chi connectivity index (χ1n) is 17.3. The van der Waals surface area contributed by atoms with Gasteiger partial charge in [-0.3, -0.25) is 9.59 Å². The van der Waals surface area contributed by atoms with E-state index in [4.69, 9.17) is 9.05 Å². The molecule has 0 saturated carbocycles. The van der Waals surface area contributed by atoms with E-state index in [2.05, 4.69) is 85.0 Å². The van der Waals surface area contributed by atoms with Gasteiger partial charge in [0, 0.05) is 12.8 Å². The van der Waals surface area contributed by atoms with Crippen molar-refractivity contribution >= 4 is 48.9 Å². The summed E-state index contributed by atoms with van der Waals surface area (Å²) in [5.74, 6) is -0.133. The number of hydrogen-bond acceptors (Lipinski definition) is 8. The number of amides is 2. The third-order valence-corrected chi connectivity index (χ3v) is 8.53. The van der Waals surface area contributed by atoms with Gasteiger partial charge in [0.1, 0.15) is 13.5 Å². The minimum Gasteiger partial charge on any atom is -0.801 e. The number of hydrogen-bond donors (Lipinski definition) is 2. The van der Waals surface area contributed by atoms with E-state index in [9.17, 15) is 19.0 Å². The summed E-state index contributed by atoms with van der Waals surface area (Å²) < 4.78 is 20.7. The Morgan fingerprint density at radius 3 is 1.54 bits per heavy atom. The Hall–Kier alpha value is -0.730. The van der Waals surface area contributed by atoms with Gasteiger partial charge in [0.25, 0.3) is 0 Å². The van der Waals surface area contributed by atoms with Crippen LogP contribution in [0.4, 0.5) is 0 Å². The first-order chi connectivity index (χ1) is 21.9. The van der Waals surface area contributed by atoms with E-state index in [1.54, 1.807) is 0 Å². The molecule has 46 heavy (non-hydrogen) atoms. The molecule has 0 aromatic heterocycles. The highest BCUT2D eigenvalue weighted by Crippen LogP contribution is 2.38. The molecular formula is C34H64N2O6P2S2-2. The van der Waals surface area contributed by atoms with E-state index >= 15 is 0 Å². The standard InChI is InChI=1S/C20H36NO3PS.C14H30NO3PS/c1-3-4-5-6-7-8-9-10-11-12-13-14-15-16-17-18-20(22)21-19-24-25(2,23)26;1-3-4-5-6-7-8-9-10-11-12-14(16)15-13-18-19(2,17)20/h4-5,7-8,10-11H,3,6,9,12-19H2,1-2H3,(H,21,22)(H,23,26);3-13H2,1-2H3,(H,15,16)(H,17,20)/p-2/b5-4-,8-7-,11-10-;. The number of nitrogens with one attached hydrogen (secondary N) is 2. The van der Waals surface area contributed by atoms with Crippen LogP contribution in [0.5, 0.6) is 0 Å². The monoisotopic (exact) mass is 722 g/mol. The maximum absolute atomic E-state index is 11.5. The highest BCUT2D eigenvalue weighted by Gasteiger charge is 2.03. The van der Waals surface area contributed by atoms with Gasteiger partial charge in [0.2, 0.25) is 11.8 Å². The molecule has 2 unspecified atom stereocenters. The minimum atomic E-state index is -2.93. The van der Waals surface area contributed by atoms with E-state index in [-0.39, 0.29) is 25.3 Å². The number of allylic oxidation sites excluding steroid dienone is 6. The molecule has 0 aromatic carbocycles. The van der Waals surface area contributed by atoms with Gasteiger partial charge in [-0.05, 0) is 64.8 Å². The maximum Gasteiger partial charge on any atom is 0.221 e. The van der Waals surface area contributed by atoms with Gasteiger partial charge in [-0.15, -0.1) is 0 Å². The zero-order valence-corrected chi connectivity index (χ0v) is 32.6. The molecule has 2 amide bonds. The summed E-state index contributed by atoms with van der Waals surface area (Å²) in [6.07, 6.45) is 35.1. The fraction of sp³-hybridized carbons (Fsp3) is 0.765. The predicted molar refractivity (Wildman–Crippen MR) is 200 cm³/mol. The van der Waals surface area contributed by atoms with Crippen molar-refractivity contribution in [1.82, 2.24) is 10.6 Å². The molecule has 0 spiro atoms. The van der Waals surface area contributed by atoms with Gasteiger partial charge < -0.3 is 41.4 Å². The summed E-state index contributed by atoms with van der Waals surface area (Å²) >= 11 is 9.21. The lowest BCUT2D eigenvalue weighted by Crippen LogP contribution is -2.26. The summed E-state index contributed by atoms with van der Waals surface area (Å²) in [5.41, 5.74) is 0. The summed E-state index contributed by atoms with van der Waals surface area (Å²) in [4.78, 5) is 34.1. The molecule has 0 fully saturated rings. The van der Waals surface area contributed by atoms with Gasteiger partial charge in [-0.25, -0.2) is 0 Å². The minimum absolute atomic E-state index is 0.0481. The topological polar surface area (TPSA) is 117 Å². The van der Waals surface area contributed by atoms with Crippen LogP contribution in [0.15, 0.2) is 36.5 Å². The molecule has 270 valence electrons. The van der Waals surface area contributed by atoms with Crippen molar-refractivity contribution in [1.29, 1.82) is 0 Å². The van der Waals surface area contributed by atoms with Gasteiger partial charge in [0.05, 0.1) is 6.57 Å². The summed E-state index contributed by atoms with van der Waals surface area (Å²) in [6.45, 7) is 1.14. The summed E-state index contributed by atoms with van der Waals surface area (Å²) in [6, 6.07) is 0. The molecule has 2 N–H and O–H groups in total. The average molecular weight is 723 g/mol. The molecule has 0 aliphatic heterocycles. The Morgan fingerprint density at radius 2 is 1.09 bits per heavy atom. The fourth-order valence-electron chi connectivity index (χ4n) is 4.14. The Labute approximate surface area is 292 Å². The Morgan fingerprint density at radius 1 is 0.674 bits per heavy atom. The van der Waals surface area contributed by atoms with Crippen LogP contribution in [0.25, 0.3) is 0 Å². The molecule has 0 bridgehead atoms. The fourth-order valence-corrected chi connectivity index (χ4v) is 5.05. The molecule has 12 heteroatoms. The number of carbonyl (C=O) groups is 2. The smallest absolute Gasteiger partial charge is 0.221 e. The van der Waals surface area contributed by atoms with Crippen LogP contribution in [0.3, 0.4) is 0 Å². The summed E-state index contributed by atoms with van der Waals surface area (Å²) in [5, 5.41) is 5.13. The van der Waals surface area contributed by atoms with Crippen LogP contribution >= 0.6 is 13.1 Å². The molecule has 0 rings (SSSR count). The van der Waals surface area contributed by atoms with Crippen LogP contribution in [-0.4, -0.2) is 38.6 Å². The lowest BCUT2D eigenvalue weighted by molar-refractivity contribution is -0.181. The van der Waals surface area contributed by atoms with E-state index in [1.165, 1.54) is 71.1 Å². The van der Waals surface area contributed by atoms with Gasteiger partial charge >= 0.3 is 0 Å². The average Bonchev–Trinajstić information content (AvgIpc) is 2.97. The Kier molecular flexibility index (Phi) is 35.2. The summed E-state index contributed by atoms with van der Waals surface area (Å²) in [7, 11) is 0. The third-order valence-electron chi connectivity index (χ3n) is 6.70. The van der Waals surface area contributed by atoms with Crippen LogP contribution in [0.2, 0.25) is 0 Å². The molecule has 2 atom stereocenters. The van der Waals surface area contributed by atoms with E-state index in [0.717, 1.165) is 57.8 Å². The molecule has 0 saturated heterocycles. The first-order valence-corrected chi connectivity index (χ1v) is 23.4. The normalized spacial score (nSPS) is 14.2. The van der Waals surface area contributed by atoms with Gasteiger partial charge in [0.15, 0.2) is 0 Å².